The summed E-state index contributed by atoms with van der Waals surface area (Å²) in [5, 5.41) is 20.5. The summed E-state index contributed by atoms with van der Waals surface area (Å²) in [6.07, 6.45) is 3.02. The van der Waals surface area contributed by atoms with E-state index < -0.39 is 6.17 Å². The molecule has 1 saturated carbocycles. The van der Waals surface area contributed by atoms with Gasteiger partial charge in [0.25, 0.3) is 0 Å². The lowest BCUT2D eigenvalue weighted by atomic mass is 9.79. The van der Waals surface area contributed by atoms with E-state index in [-0.39, 0.29) is 43.5 Å². The number of hydrogen-bond acceptors (Lipinski definition) is 5. The van der Waals surface area contributed by atoms with Gasteiger partial charge in [-0.15, -0.1) is 5.10 Å². The summed E-state index contributed by atoms with van der Waals surface area (Å²) >= 11 is 0. The molecule has 0 bridgehead atoms. The van der Waals surface area contributed by atoms with Gasteiger partial charge in [0.1, 0.15) is 11.9 Å². The molecule has 0 radical (unpaired) electrons. The maximum Gasteiger partial charge on any atom is 0.240 e. The molecule has 1 aliphatic heterocycles. The zero-order valence-corrected chi connectivity index (χ0v) is 15.5. The van der Waals surface area contributed by atoms with Crippen molar-refractivity contribution in [1.82, 2.24) is 25.2 Å². The van der Waals surface area contributed by atoms with Gasteiger partial charge in [-0.2, -0.15) is 0 Å². The number of amides is 1. The highest BCUT2D eigenvalue weighted by atomic mass is 19.1. The highest BCUT2D eigenvalue weighted by Crippen LogP contribution is 2.43. The van der Waals surface area contributed by atoms with Crippen molar-refractivity contribution in [2.24, 2.45) is 11.3 Å². The number of aliphatic hydroxyl groups is 1. The average Bonchev–Trinajstić information content (AvgIpc) is 3.25. The number of rotatable bonds is 6. The van der Waals surface area contributed by atoms with E-state index in [2.05, 4.69) is 36.1 Å². The van der Waals surface area contributed by atoms with Crippen LogP contribution in [0.15, 0.2) is 18.5 Å². The Morgan fingerprint density at radius 1 is 1.50 bits per heavy atom. The summed E-state index contributed by atoms with van der Waals surface area (Å²) < 4.78 is 15.2. The standard InChI is InChI=1S/C18H28FN5O2/c1-12-6-14(19)9-24(12)17(26)7-20-16-5-4-13(18(16,2)3)8-23-10-15(11-25)21-22-23/h10,13-14,16,20,25H,1,4-9,11H2,2-3H3/t13-,14+,16-/m1/s1. The Morgan fingerprint density at radius 2 is 2.27 bits per heavy atom. The number of aromatic nitrogens is 3. The van der Waals surface area contributed by atoms with Crippen molar-refractivity contribution in [3.8, 4) is 0 Å². The van der Waals surface area contributed by atoms with Crippen molar-refractivity contribution in [3.63, 3.8) is 0 Å². The summed E-state index contributed by atoms with van der Waals surface area (Å²) in [4.78, 5) is 13.8. The molecule has 7 nitrogen and oxygen atoms in total. The lowest BCUT2D eigenvalue weighted by Gasteiger charge is -2.34. The number of allylic oxidation sites excluding steroid dienone is 1. The molecule has 2 aliphatic rings. The van der Waals surface area contributed by atoms with Crippen LogP contribution in [0.4, 0.5) is 4.39 Å². The zero-order valence-electron chi connectivity index (χ0n) is 15.5. The highest BCUT2D eigenvalue weighted by Gasteiger charge is 2.43. The number of nitrogens with one attached hydrogen (secondary N) is 1. The second-order valence-corrected chi connectivity index (χ2v) is 7.99. The Bertz CT molecular complexity index is 674. The number of nitrogens with zero attached hydrogens (tertiary/aromatic N) is 4. The fraction of sp³-hybridized carbons (Fsp3) is 0.722. The minimum atomic E-state index is -0.995. The smallest absolute Gasteiger partial charge is 0.240 e. The van der Waals surface area contributed by atoms with E-state index in [9.17, 15) is 9.18 Å². The second-order valence-electron chi connectivity index (χ2n) is 7.99. The number of carbonyl (C=O) groups excluding carboxylic acids is 1. The first kappa shape index (κ1) is 19.0. The van der Waals surface area contributed by atoms with Crippen molar-refractivity contribution >= 4 is 5.91 Å². The van der Waals surface area contributed by atoms with Gasteiger partial charge in [-0.3, -0.25) is 9.48 Å². The molecule has 1 saturated heterocycles. The molecule has 2 heterocycles. The zero-order chi connectivity index (χ0) is 18.9. The predicted molar refractivity (Wildman–Crippen MR) is 94.6 cm³/mol. The van der Waals surface area contributed by atoms with Gasteiger partial charge < -0.3 is 15.3 Å². The molecular weight excluding hydrogens is 337 g/mol. The molecule has 1 aliphatic carbocycles. The summed E-state index contributed by atoms with van der Waals surface area (Å²) in [5.74, 6) is 0.276. The van der Waals surface area contributed by atoms with E-state index in [1.54, 1.807) is 10.9 Å². The quantitative estimate of drug-likeness (QED) is 0.793. The van der Waals surface area contributed by atoms with E-state index in [4.69, 9.17) is 5.11 Å². The maximum atomic E-state index is 13.4. The van der Waals surface area contributed by atoms with E-state index in [0.717, 1.165) is 19.4 Å². The van der Waals surface area contributed by atoms with Crippen LogP contribution >= 0.6 is 0 Å². The van der Waals surface area contributed by atoms with E-state index in [1.807, 2.05) is 0 Å². The minimum Gasteiger partial charge on any atom is -0.390 e. The molecule has 2 fully saturated rings. The Balaban J connectivity index is 1.54. The van der Waals surface area contributed by atoms with Crippen LogP contribution < -0.4 is 5.32 Å². The van der Waals surface area contributed by atoms with Gasteiger partial charge in [0.2, 0.25) is 5.91 Å². The van der Waals surface area contributed by atoms with Crippen LogP contribution in [-0.4, -0.2) is 56.2 Å². The summed E-state index contributed by atoms with van der Waals surface area (Å²) in [5.41, 5.74) is 1.12. The molecule has 3 rings (SSSR count). The molecule has 0 spiro atoms. The molecule has 1 aromatic heterocycles. The second kappa shape index (κ2) is 7.44. The average molecular weight is 365 g/mol. The highest BCUT2D eigenvalue weighted by molar-refractivity contribution is 5.80. The largest absolute Gasteiger partial charge is 0.390 e. The van der Waals surface area contributed by atoms with Gasteiger partial charge in [0, 0.05) is 24.7 Å². The van der Waals surface area contributed by atoms with Crippen molar-refractivity contribution in [3.05, 3.63) is 24.2 Å². The Hall–Kier alpha value is -1.80. The predicted octanol–water partition coefficient (Wildman–Crippen LogP) is 1.25. The monoisotopic (exact) mass is 365 g/mol. The molecule has 3 atom stereocenters. The lowest BCUT2D eigenvalue weighted by Crippen LogP contribution is -2.46. The summed E-state index contributed by atoms with van der Waals surface area (Å²) in [7, 11) is 0. The summed E-state index contributed by atoms with van der Waals surface area (Å²) in [6.45, 7) is 9.13. The third-order valence-corrected chi connectivity index (χ3v) is 5.93. The van der Waals surface area contributed by atoms with Gasteiger partial charge in [0.15, 0.2) is 0 Å². The van der Waals surface area contributed by atoms with Crippen LogP contribution in [0.3, 0.4) is 0 Å². The molecular formula is C18H28FN5O2. The van der Waals surface area contributed by atoms with Crippen molar-refractivity contribution in [1.29, 1.82) is 0 Å². The first-order valence-electron chi connectivity index (χ1n) is 9.16. The van der Waals surface area contributed by atoms with Crippen molar-refractivity contribution < 1.29 is 14.3 Å². The Labute approximate surface area is 153 Å². The van der Waals surface area contributed by atoms with E-state index in [1.165, 1.54) is 4.90 Å². The number of carbonyl (C=O) groups is 1. The van der Waals surface area contributed by atoms with E-state index >= 15 is 0 Å². The van der Waals surface area contributed by atoms with Gasteiger partial charge >= 0.3 is 0 Å². The van der Waals surface area contributed by atoms with Crippen LogP contribution in [0.5, 0.6) is 0 Å². The van der Waals surface area contributed by atoms with Crippen LogP contribution in [0.25, 0.3) is 0 Å². The molecule has 1 aromatic rings. The molecule has 1 amide bonds. The molecule has 2 N–H and O–H groups in total. The SMILES string of the molecule is C=C1C[C@H](F)CN1C(=O)CN[C@@H]1CC[C@H](Cn2cc(CO)nn2)C1(C)C. The number of likely N-dealkylation sites (tertiary alicyclic amines) is 1. The molecule has 8 heteroatoms. The molecule has 0 unspecified atom stereocenters. The number of alkyl halides is 1. The minimum absolute atomic E-state index is 0.0176. The molecule has 0 aromatic carbocycles. The topological polar surface area (TPSA) is 83.3 Å². The summed E-state index contributed by atoms with van der Waals surface area (Å²) in [6, 6.07) is 0.203. The maximum absolute atomic E-state index is 13.4. The first-order chi connectivity index (χ1) is 12.3. The number of aliphatic hydroxyl groups excluding tert-OH is 1. The number of halogens is 1. The van der Waals surface area contributed by atoms with Crippen molar-refractivity contribution in [2.45, 2.75) is 58.5 Å². The van der Waals surface area contributed by atoms with E-state index in [0.29, 0.717) is 17.3 Å². The fourth-order valence-corrected chi connectivity index (χ4v) is 4.16. The molecule has 144 valence electrons. The van der Waals surface area contributed by atoms with Gasteiger partial charge in [0.05, 0.1) is 25.9 Å². The third kappa shape index (κ3) is 3.81. The molecule has 26 heavy (non-hydrogen) atoms. The van der Waals surface area contributed by atoms with Gasteiger partial charge in [-0.25, -0.2) is 4.39 Å². The van der Waals surface area contributed by atoms with Crippen LogP contribution in [0.2, 0.25) is 0 Å². The lowest BCUT2D eigenvalue weighted by molar-refractivity contribution is -0.128. The fourth-order valence-electron chi connectivity index (χ4n) is 4.16. The normalized spacial score (nSPS) is 28.1. The van der Waals surface area contributed by atoms with Crippen LogP contribution in [-0.2, 0) is 17.9 Å². The van der Waals surface area contributed by atoms with Crippen LogP contribution in [0, 0.1) is 11.3 Å². The number of hydrogen-bond donors (Lipinski definition) is 2. The first-order valence-corrected chi connectivity index (χ1v) is 9.16. The third-order valence-electron chi connectivity index (χ3n) is 5.93. The van der Waals surface area contributed by atoms with Crippen LogP contribution in [0.1, 0.15) is 38.8 Å². The van der Waals surface area contributed by atoms with Crippen molar-refractivity contribution in [2.75, 3.05) is 13.1 Å². The van der Waals surface area contributed by atoms with Gasteiger partial charge in [-0.05, 0) is 24.2 Å². The Kier molecular flexibility index (Phi) is 5.43. The Morgan fingerprint density at radius 3 is 2.88 bits per heavy atom. The van der Waals surface area contributed by atoms with Gasteiger partial charge in [-0.1, -0.05) is 25.6 Å².